The van der Waals surface area contributed by atoms with E-state index in [1.54, 1.807) is 13.4 Å². The van der Waals surface area contributed by atoms with Crippen LogP contribution in [0.1, 0.15) is 23.3 Å². The van der Waals surface area contributed by atoms with Gasteiger partial charge in [-0.05, 0) is 5.56 Å². The summed E-state index contributed by atoms with van der Waals surface area (Å²) in [6.45, 7) is 3.27. The van der Waals surface area contributed by atoms with E-state index in [4.69, 9.17) is 9.47 Å². The third-order valence-corrected chi connectivity index (χ3v) is 5.19. The molecule has 9 heteroatoms. The molecule has 1 saturated heterocycles. The number of morpholine rings is 1. The van der Waals surface area contributed by atoms with Gasteiger partial charge in [-0.15, -0.1) is 0 Å². The van der Waals surface area contributed by atoms with Gasteiger partial charge in [-0.1, -0.05) is 30.3 Å². The first-order valence-corrected chi connectivity index (χ1v) is 9.70. The maximum Gasteiger partial charge on any atom is 0.205 e. The van der Waals surface area contributed by atoms with Crippen molar-refractivity contribution in [2.24, 2.45) is 0 Å². The van der Waals surface area contributed by atoms with Crippen LogP contribution >= 0.6 is 11.5 Å². The van der Waals surface area contributed by atoms with E-state index >= 15 is 0 Å². The van der Waals surface area contributed by atoms with Crippen LogP contribution in [0.25, 0.3) is 0 Å². The molecule has 0 spiro atoms. The van der Waals surface area contributed by atoms with Crippen LogP contribution in [-0.2, 0) is 22.4 Å². The Hall–Kier alpha value is -2.36. The van der Waals surface area contributed by atoms with Gasteiger partial charge in [-0.2, -0.15) is 9.47 Å². The Bertz CT molecular complexity index is 852. The number of methoxy groups -OCH3 is 1. The quantitative estimate of drug-likeness (QED) is 0.614. The average molecular weight is 386 g/mol. The number of rotatable bonds is 7. The Morgan fingerprint density at radius 2 is 2.19 bits per heavy atom. The number of benzene rings is 1. The second-order valence-electron chi connectivity index (χ2n) is 6.31. The van der Waals surface area contributed by atoms with Gasteiger partial charge in [0.15, 0.2) is 5.82 Å². The SMILES string of the molecule is COCCc1nsc(N2CCOCC2c2ncn(Cc3ccccc3)n2)n1. The Morgan fingerprint density at radius 1 is 1.30 bits per heavy atom. The van der Waals surface area contributed by atoms with Crippen LogP contribution in [0.5, 0.6) is 0 Å². The van der Waals surface area contributed by atoms with Gasteiger partial charge in [0.1, 0.15) is 18.2 Å². The zero-order valence-corrected chi connectivity index (χ0v) is 16.0. The predicted molar refractivity (Wildman–Crippen MR) is 102 cm³/mol. The third-order valence-electron chi connectivity index (χ3n) is 4.40. The van der Waals surface area contributed by atoms with Gasteiger partial charge in [-0.3, -0.25) is 0 Å². The molecule has 1 aliphatic heterocycles. The molecule has 2 aromatic heterocycles. The van der Waals surface area contributed by atoms with Crippen LogP contribution < -0.4 is 4.90 Å². The lowest BCUT2D eigenvalue weighted by atomic mass is 10.2. The largest absolute Gasteiger partial charge is 0.384 e. The summed E-state index contributed by atoms with van der Waals surface area (Å²) in [5.41, 5.74) is 1.19. The van der Waals surface area contributed by atoms with E-state index in [1.165, 1.54) is 17.1 Å². The second kappa shape index (κ2) is 8.55. The summed E-state index contributed by atoms with van der Waals surface area (Å²) < 4.78 is 17.1. The molecule has 3 heterocycles. The lowest BCUT2D eigenvalue weighted by Gasteiger charge is -2.33. The van der Waals surface area contributed by atoms with E-state index in [1.807, 2.05) is 22.9 Å². The minimum absolute atomic E-state index is 0.0565. The molecule has 1 aromatic carbocycles. The van der Waals surface area contributed by atoms with E-state index in [-0.39, 0.29) is 6.04 Å². The van der Waals surface area contributed by atoms with Crippen LogP contribution in [-0.4, -0.2) is 57.6 Å². The highest BCUT2D eigenvalue weighted by molar-refractivity contribution is 7.09. The fourth-order valence-corrected chi connectivity index (χ4v) is 3.80. The van der Waals surface area contributed by atoms with Crippen LogP contribution in [0.4, 0.5) is 5.13 Å². The molecule has 1 fully saturated rings. The Morgan fingerprint density at radius 3 is 3.04 bits per heavy atom. The van der Waals surface area contributed by atoms with Crippen molar-refractivity contribution in [1.82, 2.24) is 24.1 Å². The molecule has 0 aliphatic carbocycles. The topological polar surface area (TPSA) is 78.2 Å². The highest BCUT2D eigenvalue weighted by atomic mass is 32.1. The first kappa shape index (κ1) is 18.0. The summed E-state index contributed by atoms with van der Waals surface area (Å²) in [6.07, 6.45) is 2.49. The van der Waals surface area contributed by atoms with Crippen molar-refractivity contribution in [3.63, 3.8) is 0 Å². The zero-order valence-electron chi connectivity index (χ0n) is 15.2. The maximum atomic E-state index is 5.69. The first-order valence-electron chi connectivity index (χ1n) is 8.92. The zero-order chi connectivity index (χ0) is 18.5. The van der Waals surface area contributed by atoms with E-state index in [2.05, 4.69) is 36.5 Å². The van der Waals surface area contributed by atoms with Gasteiger partial charge in [-0.25, -0.2) is 14.6 Å². The summed E-state index contributed by atoms with van der Waals surface area (Å²) in [4.78, 5) is 11.4. The highest BCUT2D eigenvalue weighted by Gasteiger charge is 2.30. The molecule has 1 aliphatic rings. The molecular weight excluding hydrogens is 364 g/mol. The summed E-state index contributed by atoms with van der Waals surface area (Å²) in [5.74, 6) is 1.56. The molecule has 0 amide bonds. The van der Waals surface area contributed by atoms with Crippen molar-refractivity contribution in [1.29, 1.82) is 0 Å². The van der Waals surface area contributed by atoms with Crippen molar-refractivity contribution in [2.75, 3.05) is 38.4 Å². The van der Waals surface area contributed by atoms with E-state index in [0.29, 0.717) is 32.8 Å². The Balaban J connectivity index is 1.50. The van der Waals surface area contributed by atoms with Gasteiger partial charge in [0.2, 0.25) is 5.13 Å². The first-order chi connectivity index (χ1) is 13.3. The van der Waals surface area contributed by atoms with Crippen molar-refractivity contribution in [2.45, 2.75) is 19.0 Å². The molecule has 0 saturated carbocycles. The number of aromatic nitrogens is 5. The monoisotopic (exact) mass is 386 g/mol. The molecule has 3 aromatic rings. The lowest BCUT2D eigenvalue weighted by molar-refractivity contribution is 0.0916. The fraction of sp³-hybridized carbons (Fsp3) is 0.444. The summed E-state index contributed by atoms with van der Waals surface area (Å²) in [7, 11) is 1.68. The summed E-state index contributed by atoms with van der Waals surface area (Å²) in [6, 6.07) is 10.2. The molecule has 0 radical (unpaired) electrons. The van der Waals surface area contributed by atoms with Gasteiger partial charge in [0.25, 0.3) is 0 Å². The van der Waals surface area contributed by atoms with Gasteiger partial charge in [0, 0.05) is 31.6 Å². The molecule has 142 valence electrons. The number of anilines is 1. The van der Waals surface area contributed by atoms with E-state index in [9.17, 15) is 0 Å². The van der Waals surface area contributed by atoms with Crippen molar-refractivity contribution in [3.05, 3.63) is 53.9 Å². The number of hydrogen-bond acceptors (Lipinski definition) is 8. The summed E-state index contributed by atoms with van der Waals surface area (Å²) >= 11 is 1.41. The standard InChI is InChI=1S/C18H22N6O2S/c1-25-9-7-16-20-18(27-22-16)24-8-10-26-12-15(24)17-19-13-23(21-17)11-14-5-3-2-4-6-14/h2-6,13,15H,7-12H2,1H3. The highest BCUT2D eigenvalue weighted by Crippen LogP contribution is 2.29. The lowest BCUT2D eigenvalue weighted by Crippen LogP contribution is -2.40. The minimum atomic E-state index is -0.0565. The maximum absolute atomic E-state index is 5.69. The second-order valence-corrected chi connectivity index (χ2v) is 7.04. The van der Waals surface area contributed by atoms with Crippen LogP contribution in [0.2, 0.25) is 0 Å². The molecular formula is C18H22N6O2S. The predicted octanol–water partition coefficient (Wildman–Crippen LogP) is 1.94. The van der Waals surface area contributed by atoms with Crippen LogP contribution in [0.3, 0.4) is 0 Å². The fourth-order valence-electron chi connectivity index (χ4n) is 3.01. The third kappa shape index (κ3) is 4.32. The molecule has 27 heavy (non-hydrogen) atoms. The minimum Gasteiger partial charge on any atom is -0.384 e. The average Bonchev–Trinajstić information content (AvgIpc) is 3.37. The van der Waals surface area contributed by atoms with Crippen molar-refractivity contribution in [3.8, 4) is 0 Å². The number of hydrogen-bond donors (Lipinski definition) is 0. The van der Waals surface area contributed by atoms with Gasteiger partial charge in [0.05, 0.1) is 26.4 Å². The summed E-state index contributed by atoms with van der Waals surface area (Å²) in [5, 5.41) is 5.56. The van der Waals surface area contributed by atoms with Gasteiger partial charge < -0.3 is 14.4 Å². The smallest absolute Gasteiger partial charge is 0.205 e. The molecule has 8 nitrogen and oxygen atoms in total. The molecule has 1 atom stereocenters. The van der Waals surface area contributed by atoms with Crippen molar-refractivity contribution >= 4 is 16.7 Å². The number of nitrogens with zero attached hydrogens (tertiary/aromatic N) is 6. The molecule has 0 bridgehead atoms. The molecule has 1 unspecified atom stereocenters. The number of ether oxygens (including phenoxy) is 2. The molecule has 4 rings (SSSR count). The Kier molecular flexibility index (Phi) is 5.71. The normalized spacial score (nSPS) is 17.4. The molecule has 0 N–H and O–H groups in total. The van der Waals surface area contributed by atoms with E-state index < -0.39 is 0 Å². The van der Waals surface area contributed by atoms with Crippen LogP contribution in [0, 0.1) is 0 Å². The van der Waals surface area contributed by atoms with E-state index in [0.717, 1.165) is 23.3 Å². The van der Waals surface area contributed by atoms with Crippen molar-refractivity contribution < 1.29 is 9.47 Å². The Labute approximate surface area is 161 Å². The van der Waals surface area contributed by atoms with Gasteiger partial charge >= 0.3 is 0 Å². The van der Waals surface area contributed by atoms with Crippen LogP contribution in [0.15, 0.2) is 36.7 Å².